The second-order valence-corrected chi connectivity index (χ2v) is 5.94. The Morgan fingerprint density at radius 2 is 1.65 bits per heavy atom. The molecule has 0 aliphatic rings. The molecule has 0 saturated carbocycles. The van der Waals surface area contributed by atoms with Gasteiger partial charge < -0.3 is 14.6 Å². The molecule has 0 radical (unpaired) electrons. The van der Waals surface area contributed by atoms with Crippen molar-refractivity contribution >= 4 is 9.84 Å². The molecule has 1 aromatic rings. The Labute approximate surface area is 101 Å². The maximum absolute atomic E-state index is 11.1. The van der Waals surface area contributed by atoms with Crippen LogP contribution in [0.2, 0.25) is 0 Å². The lowest BCUT2D eigenvalue weighted by Gasteiger charge is -2.13. The third-order valence-corrected chi connectivity index (χ3v) is 3.14. The minimum absolute atomic E-state index is 0.330. The van der Waals surface area contributed by atoms with Crippen LogP contribution in [0.1, 0.15) is 11.7 Å². The van der Waals surface area contributed by atoms with Gasteiger partial charge in [-0.3, -0.25) is 0 Å². The lowest BCUT2D eigenvalue weighted by Crippen LogP contribution is -2.12. The molecular formula is C11H16O5S. The largest absolute Gasteiger partial charge is 0.497 e. The summed E-state index contributed by atoms with van der Waals surface area (Å²) >= 11 is 0. The number of ether oxygens (including phenoxy) is 2. The molecule has 0 aliphatic heterocycles. The first-order valence-electron chi connectivity index (χ1n) is 4.94. The molecule has 0 bridgehead atoms. The molecule has 5 nitrogen and oxygen atoms in total. The molecule has 0 aliphatic carbocycles. The van der Waals surface area contributed by atoms with E-state index in [-0.39, 0.29) is 5.75 Å². The summed E-state index contributed by atoms with van der Waals surface area (Å²) in [6, 6.07) is 4.81. The van der Waals surface area contributed by atoms with Gasteiger partial charge in [-0.2, -0.15) is 0 Å². The Kier molecular flexibility index (Phi) is 4.36. The first-order chi connectivity index (χ1) is 7.85. The van der Waals surface area contributed by atoms with Crippen LogP contribution in [0.3, 0.4) is 0 Å². The minimum atomic E-state index is -3.24. The van der Waals surface area contributed by atoms with Crippen molar-refractivity contribution in [2.45, 2.75) is 6.10 Å². The van der Waals surface area contributed by atoms with Crippen LogP contribution >= 0.6 is 0 Å². The first-order valence-corrected chi connectivity index (χ1v) is 7.00. The molecule has 17 heavy (non-hydrogen) atoms. The third-order valence-electron chi connectivity index (χ3n) is 2.22. The Morgan fingerprint density at radius 3 is 2.00 bits per heavy atom. The maximum atomic E-state index is 11.1. The van der Waals surface area contributed by atoms with E-state index in [0.717, 1.165) is 6.26 Å². The second-order valence-electron chi connectivity index (χ2n) is 3.75. The van der Waals surface area contributed by atoms with Gasteiger partial charge in [0, 0.05) is 12.3 Å². The van der Waals surface area contributed by atoms with Crippen LogP contribution in [0.4, 0.5) is 0 Å². The van der Waals surface area contributed by atoms with Crippen molar-refractivity contribution in [3.8, 4) is 11.5 Å². The fourth-order valence-corrected chi connectivity index (χ4v) is 2.17. The maximum Gasteiger partial charge on any atom is 0.150 e. The Morgan fingerprint density at radius 1 is 1.18 bits per heavy atom. The van der Waals surface area contributed by atoms with Gasteiger partial charge >= 0.3 is 0 Å². The molecule has 1 atom stereocenters. The van der Waals surface area contributed by atoms with E-state index in [1.165, 1.54) is 14.2 Å². The quantitative estimate of drug-likeness (QED) is 0.847. The molecule has 96 valence electrons. The number of hydrogen-bond acceptors (Lipinski definition) is 5. The van der Waals surface area contributed by atoms with Crippen LogP contribution in [-0.4, -0.2) is 39.8 Å². The smallest absolute Gasteiger partial charge is 0.150 e. The van der Waals surface area contributed by atoms with Gasteiger partial charge in [-0.15, -0.1) is 0 Å². The van der Waals surface area contributed by atoms with Crippen LogP contribution in [0, 0.1) is 0 Å². The molecule has 0 heterocycles. The second kappa shape index (κ2) is 5.37. The minimum Gasteiger partial charge on any atom is -0.497 e. The SMILES string of the molecule is COc1cc(OC)cc(C(O)CS(C)(=O)=O)c1. The molecule has 1 rings (SSSR count). The summed E-state index contributed by atoms with van der Waals surface area (Å²) in [6.07, 6.45) is -0.0119. The average Bonchev–Trinajstić information content (AvgIpc) is 2.26. The topological polar surface area (TPSA) is 72.8 Å². The van der Waals surface area contributed by atoms with Crippen molar-refractivity contribution in [3.05, 3.63) is 23.8 Å². The summed E-state index contributed by atoms with van der Waals surface area (Å²) in [7, 11) is -0.267. The summed E-state index contributed by atoms with van der Waals surface area (Å²) in [6.45, 7) is 0. The van der Waals surface area contributed by atoms with E-state index in [9.17, 15) is 13.5 Å². The van der Waals surface area contributed by atoms with Gasteiger partial charge in [-0.05, 0) is 17.7 Å². The number of rotatable bonds is 5. The number of hydrogen-bond donors (Lipinski definition) is 1. The molecule has 1 N–H and O–H groups in total. The van der Waals surface area contributed by atoms with Gasteiger partial charge in [0.2, 0.25) is 0 Å². The van der Waals surface area contributed by atoms with E-state index >= 15 is 0 Å². The molecule has 0 fully saturated rings. The molecule has 0 aromatic heterocycles. The van der Waals surface area contributed by atoms with Gasteiger partial charge in [-0.25, -0.2) is 8.42 Å². The lowest BCUT2D eigenvalue weighted by atomic mass is 10.1. The molecule has 6 heteroatoms. The Hall–Kier alpha value is -1.27. The summed E-state index contributed by atoms with van der Waals surface area (Å²) in [4.78, 5) is 0. The molecule has 0 amide bonds. The average molecular weight is 260 g/mol. The summed E-state index contributed by atoms with van der Waals surface area (Å²) in [5, 5.41) is 9.81. The van der Waals surface area contributed by atoms with Gasteiger partial charge in [0.1, 0.15) is 21.3 Å². The predicted molar refractivity (Wildman–Crippen MR) is 64.2 cm³/mol. The van der Waals surface area contributed by atoms with E-state index in [4.69, 9.17) is 9.47 Å². The first kappa shape index (κ1) is 13.8. The zero-order valence-corrected chi connectivity index (χ0v) is 10.8. The number of aliphatic hydroxyl groups is 1. The highest BCUT2D eigenvalue weighted by molar-refractivity contribution is 7.90. The van der Waals surface area contributed by atoms with Crippen molar-refractivity contribution < 1.29 is 23.0 Å². The van der Waals surface area contributed by atoms with Crippen LogP contribution < -0.4 is 9.47 Å². The Bertz CT molecular complexity index is 458. The molecule has 0 spiro atoms. The normalized spacial score (nSPS) is 13.2. The summed E-state index contributed by atoms with van der Waals surface area (Å²) < 4.78 is 32.3. The predicted octanol–water partition coefficient (Wildman–Crippen LogP) is 0.782. The third kappa shape index (κ3) is 4.24. The van der Waals surface area contributed by atoms with Gasteiger partial charge in [0.15, 0.2) is 0 Å². The van der Waals surface area contributed by atoms with Crippen molar-refractivity contribution in [3.63, 3.8) is 0 Å². The van der Waals surface area contributed by atoms with E-state index in [0.29, 0.717) is 17.1 Å². The zero-order chi connectivity index (χ0) is 13.1. The van der Waals surface area contributed by atoms with E-state index in [1.807, 2.05) is 0 Å². The lowest BCUT2D eigenvalue weighted by molar-refractivity contribution is 0.201. The number of benzene rings is 1. The molecule has 1 unspecified atom stereocenters. The van der Waals surface area contributed by atoms with Crippen molar-refractivity contribution in [1.29, 1.82) is 0 Å². The van der Waals surface area contributed by atoms with Gasteiger partial charge in [0.05, 0.1) is 26.1 Å². The molecular weight excluding hydrogens is 244 g/mol. The monoisotopic (exact) mass is 260 g/mol. The van der Waals surface area contributed by atoms with Crippen LogP contribution in [0.25, 0.3) is 0 Å². The number of sulfone groups is 1. The van der Waals surface area contributed by atoms with Crippen molar-refractivity contribution in [2.75, 3.05) is 26.2 Å². The number of methoxy groups -OCH3 is 2. The zero-order valence-electron chi connectivity index (χ0n) is 10.0. The van der Waals surface area contributed by atoms with Crippen molar-refractivity contribution in [1.82, 2.24) is 0 Å². The highest BCUT2D eigenvalue weighted by Crippen LogP contribution is 2.26. The van der Waals surface area contributed by atoms with E-state index in [2.05, 4.69) is 0 Å². The summed E-state index contributed by atoms with van der Waals surface area (Å²) in [5.41, 5.74) is 0.451. The van der Waals surface area contributed by atoms with Crippen LogP contribution in [0.5, 0.6) is 11.5 Å². The summed E-state index contributed by atoms with van der Waals surface area (Å²) in [5.74, 6) is 0.683. The van der Waals surface area contributed by atoms with Crippen molar-refractivity contribution in [2.24, 2.45) is 0 Å². The standard InChI is InChI=1S/C11H16O5S/c1-15-9-4-8(5-10(6-9)16-2)11(12)7-17(3,13)14/h4-6,11-12H,7H2,1-3H3. The van der Waals surface area contributed by atoms with Crippen LogP contribution in [0.15, 0.2) is 18.2 Å². The molecule has 1 aromatic carbocycles. The highest BCUT2D eigenvalue weighted by Gasteiger charge is 2.16. The fraction of sp³-hybridized carbons (Fsp3) is 0.455. The van der Waals surface area contributed by atoms with E-state index in [1.54, 1.807) is 18.2 Å². The van der Waals surface area contributed by atoms with Gasteiger partial charge in [0.25, 0.3) is 0 Å². The highest BCUT2D eigenvalue weighted by atomic mass is 32.2. The fourth-order valence-electron chi connectivity index (χ4n) is 1.40. The van der Waals surface area contributed by atoms with E-state index < -0.39 is 15.9 Å². The number of aliphatic hydroxyl groups excluding tert-OH is 1. The molecule has 0 saturated heterocycles. The Balaban J connectivity index is 3.04. The van der Waals surface area contributed by atoms with Crippen LogP contribution in [-0.2, 0) is 9.84 Å². The van der Waals surface area contributed by atoms with Gasteiger partial charge in [-0.1, -0.05) is 0 Å².